The molecule has 0 bridgehead atoms. The summed E-state index contributed by atoms with van der Waals surface area (Å²) in [5, 5.41) is 3.22. The first-order valence-corrected chi connectivity index (χ1v) is 11.2. The van der Waals surface area contributed by atoms with Gasteiger partial charge in [-0.1, -0.05) is 79.9 Å². The molecule has 2 aromatic carbocycles. The van der Waals surface area contributed by atoms with Gasteiger partial charge in [-0.2, -0.15) is 0 Å². The van der Waals surface area contributed by atoms with Gasteiger partial charge in [-0.25, -0.2) is 4.98 Å². The molecule has 1 unspecified atom stereocenters. The van der Waals surface area contributed by atoms with Gasteiger partial charge in [0.15, 0.2) is 0 Å². The summed E-state index contributed by atoms with van der Waals surface area (Å²) in [6.45, 7) is 0.286. The fraction of sp³-hybridized carbons (Fsp3) is 0.308. The van der Waals surface area contributed by atoms with Crippen molar-refractivity contribution in [2.24, 2.45) is 0 Å². The minimum atomic E-state index is -0.771. The largest absolute Gasteiger partial charge is 0.351 e. The molecule has 1 N–H and O–H groups in total. The summed E-state index contributed by atoms with van der Waals surface area (Å²) < 4.78 is 0. The third-order valence-electron chi connectivity index (χ3n) is 5.87. The topological polar surface area (TPSA) is 75.2 Å². The number of nitrogens with one attached hydrogen (secondary N) is 1. The highest BCUT2D eigenvalue weighted by Crippen LogP contribution is 2.27. The Kier molecular flexibility index (Phi) is 7.23. The monoisotopic (exact) mass is 428 g/mol. The Bertz CT molecular complexity index is 1010. The molecule has 6 heteroatoms. The number of hydrogen-bond donors (Lipinski definition) is 1. The Hall–Kier alpha value is -3.54. The van der Waals surface area contributed by atoms with Crippen LogP contribution in [0.3, 0.4) is 0 Å². The van der Waals surface area contributed by atoms with Crippen LogP contribution in [0, 0.1) is 0 Å². The fourth-order valence-corrected chi connectivity index (χ4v) is 4.25. The van der Waals surface area contributed by atoms with Crippen LogP contribution in [0.15, 0.2) is 79.3 Å². The lowest BCUT2D eigenvalue weighted by Gasteiger charge is -2.33. The number of carbonyl (C=O) groups excluding carboxylic acids is 2. The molecule has 1 aliphatic rings. The van der Waals surface area contributed by atoms with E-state index in [1.807, 2.05) is 60.7 Å². The first kappa shape index (κ1) is 21.7. The lowest BCUT2D eigenvalue weighted by Crippen LogP contribution is -2.47. The van der Waals surface area contributed by atoms with E-state index in [2.05, 4.69) is 15.3 Å². The number of benzene rings is 2. The molecule has 32 heavy (non-hydrogen) atoms. The summed E-state index contributed by atoms with van der Waals surface area (Å²) in [4.78, 5) is 37.1. The Morgan fingerprint density at radius 2 is 1.62 bits per heavy atom. The summed E-state index contributed by atoms with van der Waals surface area (Å²) in [5.74, 6) is -0.481. The van der Waals surface area contributed by atoms with Crippen molar-refractivity contribution in [1.82, 2.24) is 20.2 Å². The van der Waals surface area contributed by atoms with Crippen LogP contribution >= 0.6 is 0 Å². The number of hydrogen-bond acceptors (Lipinski definition) is 4. The second-order valence-electron chi connectivity index (χ2n) is 8.17. The minimum absolute atomic E-state index is 0.146. The van der Waals surface area contributed by atoms with E-state index in [4.69, 9.17) is 0 Å². The standard InChI is InChI=1S/C26H28N4O2/c31-25(29-22-14-8-3-9-15-22)24(21-12-6-2-7-13-21)30(19-20-10-4-1-5-11-20)26(32)23-18-27-16-17-28-23/h1-2,4-7,10-13,16-18,22,24H,3,8-9,14-15,19H2,(H,29,31). The van der Waals surface area contributed by atoms with Crippen molar-refractivity contribution in [2.45, 2.75) is 50.7 Å². The van der Waals surface area contributed by atoms with E-state index >= 15 is 0 Å². The van der Waals surface area contributed by atoms with Crippen molar-refractivity contribution in [3.8, 4) is 0 Å². The third kappa shape index (κ3) is 5.38. The van der Waals surface area contributed by atoms with E-state index in [0.29, 0.717) is 0 Å². The lowest BCUT2D eigenvalue weighted by atomic mass is 9.94. The molecule has 3 aromatic rings. The summed E-state index contributed by atoms with van der Waals surface area (Å²) in [5.41, 5.74) is 1.93. The molecule has 0 aliphatic heterocycles. The van der Waals surface area contributed by atoms with Crippen LogP contribution in [-0.4, -0.2) is 32.7 Å². The predicted octanol–water partition coefficient (Wildman–Crippen LogP) is 4.31. The average Bonchev–Trinajstić information content (AvgIpc) is 2.86. The van der Waals surface area contributed by atoms with Gasteiger partial charge in [-0.05, 0) is 24.0 Å². The molecule has 1 fully saturated rings. The van der Waals surface area contributed by atoms with Crippen LogP contribution in [0.5, 0.6) is 0 Å². The van der Waals surface area contributed by atoms with Crippen LogP contribution in [-0.2, 0) is 11.3 Å². The van der Waals surface area contributed by atoms with Crippen molar-refractivity contribution < 1.29 is 9.59 Å². The maximum atomic E-state index is 13.6. The average molecular weight is 429 g/mol. The molecule has 2 amide bonds. The second kappa shape index (κ2) is 10.7. The van der Waals surface area contributed by atoms with Crippen molar-refractivity contribution >= 4 is 11.8 Å². The molecule has 4 rings (SSSR count). The van der Waals surface area contributed by atoms with E-state index in [-0.39, 0.29) is 30.1 Å². The molecule has 0 spiro atoms. The van der Waals surface area contributed by atoms with E-state index in [1.165, 1.54) is 25.0 Å². The molecule has 1 aliphatic carbocycles. The van der Waals surface area contributed by atoms with Crippen LogP contribution < -0.4 is 5.32 Å². The summed E-state index contributed by atoms with van der Waals surface area (Å²) in [6, 6.07) is 18.6. The van der Waals surface area contributed by atoms with Crippen LogP contribution in [0.4, 0.5) is 0 Å². The molecule has 1 heterocycles. The third-order valence-corrected chi connectivity index (χ3v) is 5.87. The first-order chi connectivity index (χ1) is 15.7. The van der Waals surface area contributed by atoms with Gasteiger partial charge in [0.05, 0.1) is 6.20 Å². The van der Waals surface area contributed by atoms with Crippen LogP contribution in [0.25, 0.3) is 0 Å². The Morgan fingerprint density at radius 3 is 2.28 bits per heavy atom. The van der Waals surface area contributed by atoms with Gasteiger partial charge in [-0.3, -0.25) is 14.6 Å². The molecule has 1 saturated carbocycles. The molecule has 1 aromatic heterocycles. The molecule has 164 valence electrons. The maximum absolute atomic E-state index is 13.6. The van der Waals surface area contributed by atoms with Gasteiger partial charge in [0, 0.05) is 25.0 Å². The molecular formula is C26H28N4O2. The number of rotatable bonds is 7. The minimum Gasteiger partial charge on any atom is -0.351 e. The highest BCUT2D eigenvalue weighted by Gasteiger charge is 2.34. The fourth-order valence-electron chi connectivity index (χ4n) is 4.25. The molecule has 6 nitrogen and oxygen atoms in total. The number of amides is 2. The zero-order valence-corrected chi connectivity index (χ0v) is 18.1. The van der Waals surface area contributed by atoms with Gasteiger partial charge in [0.1, 0.15) is 11.7 Å². The molecular weight excluding hydrogens is 400 g/mol. The second-order valence-corrected chi connectivity index (χ2v) is 8.17. The number of nitrogens with zero attached hydrogens (tertiary/aromatic N) is 3. The van der Waals surface area contributed by atoms with Gasteiger partial charge in [0.2, 0.25) is 5.91 Å². The normalized spacial score (nSPS) is 15.0. The highest BCUT2D eigenvalue weighted by atomic mass is 16.2. The Balaban J connectivity index is 1.71. The van der Waals surface area contributed by atoms with Gasteiger partial charge in [-0.15, -0.1) is 0 Å². The van der Waals surface area contributed by atoms with E-state index < -0.39 is 6.04 Å². The summed E-state index contributed by atoms with van der Waals surface area (Å²) >= 11 is 0. The smallest absolute Gasteiger partial charge is 0.275 e. The van der Waals surface area contributed by atoms with Gasteiger partial charge < -0.3 is 10.2 Å². The zero-order chi connectivity index (χ0) is 22.2. The van der Waals surface area contributed by atoms with Crippen molar-refractivity contribution in [2.75, 3.05) is 0 Å². The van der Waals surface area contributed by atoms with Gasteiger partial charge >= 0.3 is 0 Å². The molecule has 0 saturated heterocycles. The van der Waals surface area contributed by atoms with Crippen molar-refractivity contribution in [3.63, 3.8) is 0 Å². The first-order valence-electron chi connectivity index (χ1n) is 11.2. The number of aromatic nitrogens is 2. The molecule has 0 radical (unpaired) electrons. The lowest BCUT2D eigenvalue weighted by molar-refractivity contribution is -0.127. The van der Waals surface area contributed by atoms with Crippen molar-refractivity contribution in [1.29, 1.82) is 0 Å². The van der Waals surface area contributed by atoms with Crippen molar-refractivity contribution in [3.05, 3.63) is 96.1 Å². The SMILES string of the molecule is O=C(NC1CCCCC1)C(c1ccccc1)N(Cc1ccccc1)C(=O)c1cnccn1. The van der Waals surface area contributed by atoms with Gasteiger partial charge in [0.25, 0.3) is 5.91 Å². The summed E-state index contributed by atoms with van der Waals surface area (Å²) in [7, 11) is 0. The summed E-state index contributed by atoms with van der Waals surface area (Å²) in [6.07, 6.45) is 9.87. The zero-order valence-electron chi connectivity index (χ0n) is 18.1. The van der Waals surface area contributed by atoms with E-state index in [0.717, 1.165) is 36.8 Å². The highest BCUT2D eigenvalue weighted by molar-refractivity contribution is 5.96. The predicted molar refractivity (Wildman–Crippen MR) is 123 cm³/mol. The maximum Gasteiger partial charge on any atom is 0.275 e. The Labute approximate surface area is 188 Å². The quantitative estimate of drug-likeness (QED) is 0.609. The van der Waals surface area contributed by atoms with E-state index in [1.54, 1.807) is 4.90 Å². The van der Waals surface area contributed by atoms with Crippen LogP contribution in [0.1, 0.15) is 59.8 Å². The van der Waals surface area contributed by atoms with E-state index in [9.17, 15) is 9.59 Å². The molecule has 1 atom stereocenters. The Morgan fingerprint density at radius 1 is 0.938 bits per heavy atom. The number of carbonyl (C=O) groups is 2. The van der Waals surface area contributed by atoms with Crippen LogP contribution in [0.2, 0.25) is 0 Å².